The number of methoxy groups -OCH3 is 1. The van der Waals surface area contributed by atoms with Gasteiger partial charge in [-0.3, -0.25) is 0 Å². The van der Waals surface area contributed by atoms with Crippen LogP contribution in [0.3, 0.4) is 0 Å². The van der Waals surface area contributed by atoms with Gasteiger partial charge >= 0.3 is 0 Å². The van der Waals surface area contributed by atoms with Crippen LogP contribution in [0, 0.1) is 5.92 Å². The Kier molecular flexibility index (Phi) is 5.50. The smallest absolute Gasteiger partial charge is 0.0821 e. The average Bonchev–Trinajstić information content (AvgIpc) is 2.31. The normalized spacial score (nSPS) is 13.1. The maximum absolute atomic E-state index is 10.3. The first-order valence-electron chi connectivity index (χ1n) is 5.99. The minimum atomic E-state index is -0.374. The zero-order chi connectivity index (χ0) is 12.0. The standard InChI is InChI=1S/C14H22O2/c1-4-11(5-2)14(15)13-9-7-6-8-12(13)10-16-3/h6-9,11,14-15H,4-5,10H2,1-3H3. The van der Waals surface area contributed by atoms with Gasteiger partial charge in [0.25, 0.3) is 0 Å². The van der Waals surface area contributed by atoms with E-state index >= 15 is 0 Å². The van der Waals surface area contributed by atoms with Gasteiger partial charge in [-0.15, -0.1) is 0 Å². The molecule has 0 saturated carbocycles. The van der Waals surface area contributed by atoms with Gasteiger partial charge in [0.05, 0.1) is 12.7 Å². The number of ether oxygens (including phenoxy) is 1. The van der Waals surface area contributed by atoms with Crippen molar-refractivity contribution in [3.8, 4) is 0 Å². The summed E-state index contributed by atoms with van der Waals surface area (Å²) in [7, 11) is 1.68. The topological polar surface area (TPSA) is 29.5 Å². The molecule has 0 bridgehead atoms. The fourth-order valence-electron chi connectivity index (χ4n) is 2.10. The molecule has 0 aliphatic heterocycles. The molecule has 0 aliphatic carbocycles. The van der Waals surface area contributed by atoms with Gasteiger partial charge in [-0.05, 0) is 17.0 Å². The van der Waals surface area contributed by atoms with E-state index in [1.54, 1.807) is 7.11 Å². The first-order chi connectivity index (χ1) is 7.74. The van der Waals surface area contributed by atoms with Gasteiger partial charge in [0.1, 0.15) is 0 Å². The minimum Gasteiger partial charge on any atom is -0.388 e. The molecular weight excluding hydrogens is 200 g/mol. The van der Waals surface area contributed by atoms with Gasteiger partial charge in [0.15, 0.2) is 0 Å². The van der Waals surface area contributed by atoms with Crippen molar-refractivity contribution in [3.05, 3.63) is 35.4 Å². The second kappa shape index (κ2) is 6.66. The van der Waals surface area contributed by atoms with Crippen LogP contribution in [-0.2, 0) is 11.3 Å². The summed E-state index contributed by atoms with van der Waals surface area (Å²) in [5, 5.41) is 10.3. The van der Waals surface area contributed by atoms with E-state index in [0.717, 1.165) is 24.0 Å². The Morgan fingerprint density at radius 2 is 1.81 bits per heavy atom. The molecule has 1 aromatic rings. The molecule has 1 atom stereocenters. The summed E-state index contributed by atoms with van der Waals surface area (Å²) in [5.41, 5.74) is 2.10. The number of rotatable bonds is 6. The fraction of sp³-hybridized carbons (Fsp3) is 0.571. The lowest BCUT2D eigenvalue weighted by Crippen LogP contribution is -2.13. The number of hydrogen-bond acceptors (Lipinski definition) is 2. The van der Waals surface area contributed by atoms with Gasteiger partial charge < -0.3 is 9.84 Å². The molecule has 16 heavy (non-hydrogen) atoms. The molecule has 0 saturated heterocycles. The van der Waals surface area contributed by atoms with E-state index in [9.17, 15) is 5.11 Å². The van der Waals surface area contributed by atoms with Crippen molar-refractivity contribution in [1.82, 2.24) is 0 Å². The van der Waals surface area contributed by atoms with Crippen molar-refractivity contribution in [2.75, 3.05) is 7.11 Å². The van der Waals surface area contributed by atoms with Crippen molar-refractivity contribution in [2.45, 2.75) is 39.4 Å². The molecule has 0 heterocycles. The third-order valence-corrected chi connectivity index (χ3v) is 3.17. The second-order valence-corrected chi connectivity index (χ2v) is 4.15. The lowest BCUT2D eigenvalue weighted by molar-refractivity contribution is 0.0990. The van der Waals surface area contributed by atoms with Crippen LogP contribution in [0.2, 0.25) is 0 Å². The van der Waals surface area contributed by atoms with E-state index in [4.69, 9.17) is 4.74 Å². The van der Waals surface area contributed by atoms with E-state index in [1.807, 2.05) is 24.3 Å². The molecule has 2 nitrogen and oxygen atoms in total. The molecule has 0 fully saturated rings. The largest absolute Gasteiger partial charge is 0.388 e. The quantitative estimate of drug-likeness (QED) is 0.800. The Labute approximate surface area is 98.3 Å². The van der Waals surface area contributed by atoms with Gasteiger partial charge in [-0.1, -0.05) is 51.0 Å². The zero-order valence-electron chi connectivity index (χ0n) is 10.4. The van der Waals surface area contributed by atoms with Gasteiger partial charge in [-0.25, -0.2) is 0 Å². The van der Waals surface area contributed by atoms with Gasteiger partial charge in [0.2, 0.25) is 0 Å². The molecular formula is C14H22O2. The Morgan fingerprint density at radius 1 is 1.19 bits per heavy atom. The highest BCUT2D eigenvalue weighted by Gasteiger charge is 2.19. The predicted octanol–water partition coefficient (Wildman–Crippen LogP) is 3.30. The zero-order valence-corrected chi connectivity index (χ0v) is 10.4. The molecule has 0 spiro atoms. The molecule has 0 amide bonds. The number of hydrogen-bond donors (Lipinski definition) is 1. The van der Waals surface area contributed by atoms with E-state index in [0.29, 0.717) is 12.5 Å². The average molecular weight is 222 g/mol. The monoisotopic (exact) mass is 222 g/mol. The third-order valence-electron chi connectivity index (χ3n) is 3.17. The predicted molar refractivity (Wildman–Crippen MR) is 66.2 cm³/mol. The highest BCUT2D eigenvalue weighted by atomic mass is 16.5. The summed E-state index contributed by atoms with van der Waals surface area (Å²) in [4.78, 5) is 0. The first-order valence-corrected chi connectivity index (χ1v) is 5.99. The molecule has 1 rings (SSSR count). The van der Waals surface area contributed by atoms with Crippen LogP contribution in [0.4, 0.5) is 0 Å². The summed E-state index contributed by atoms with van der Waals surface area (Å²) in [5.74, 6) is 0.331. The molecule has 1 aromatic carbocycles. The highest BCUT2D eigenvalue weighted by molar-refractivity contribution is 5.29. The number of benzene rings is 1. The molecule has 1 unspecified atom stereocenters. The summed E-state index contributed by atoms with van der Waals surface area (Å²) in [6.07, 6.45) is 1.62. The second-order valence-electron chi connectivity index (χ2n) is 4.15. The SMILES string of the molecule is CCC(CC)C(O)c1ccccc1COC. The lowest BCUT2D eigenvalue weighted by Gasteiger charge is -2.22. The molecule has 1 N–H and O–H groups in total. The summed E-state index contributed by atoms with van der Waals surface area (Å²) < 4.78 is 5.15. The number of aliphatic hydroxyl groups is 1. The molecule has 0 aromatic heterocycles. The van der Waals surface area contributed by atoms with E-state index < -0.39 is 0 Å². The van der Waals surface area contributed by atoms with Crippen molar-refractivity contribution in [2.24, 2.45) is 5.92 Å². The molecule has 90 valence electrons. The Hall–Kier alpha value is -0.860. The van der Waals surface area contributed by atoms with Crippen LogP contribution in [0.1, 0.15) is 43.9 Å². The van der Waals surface area contributed by atoms with Crippen molar-refractivity contribution >= 4 is 0 Å². The van der Waals surface area contributed by atoms with E-state index in [-0.39, 0.29) is 6.10 Å². The molecule has 0 aliphatic rings. The van der Waals surface area contributed by atoms with Gasteiger partial charge in [0, 0.05) is 7.11 Å². The van der Waals surface area contributed by atoms with Crippen LogP contribution < -0.4 is 0 Å². The Balaban J connectivity index is 2.92. The first kappa shape index (κ1) is 13.2. The van der Waals surface area contributed by atoms with E-state index in [1.165, 1.54) is 0 Å². The summed E-state index contributed by atoms with van der Waals surface area (Å²) in [6, 6.07) is 7.97. The maximum atomic E-state index is 10.3. The van der Waals surface area contributed by atoms with Crippen LogP contribution in [0.15, 0.2) is 24.3 Å². The van der Waals surface area contributed by atoms with Crippen LogP contribution in [0.5, 0.6) is 0 Å². The highest BCUT2D eigenvalue weighted by Crippen LogP contribution is 2.29. The Morgan fingerprint density at radius 3 is 2.38 bits per heavy atom. The molecule has 0 radical (unpaired) electrons. The summed E-state index contributed by atoms with van der Waals surface area (Å²) in [6.45, 7) is 4.81. The van der Waals surface area contributed by atoms with E-state index in [2.05, 4.69) is 13.8 Å². The van der Waals surface area contributed by atoms with Crippen molar-refractivity contribution in [3.63, 3.8) is 0 Å². The van der Waals surface area contributed by atoms with Crippen LogP contribution in [0.25, 0.3) is 0 Å². The minimum absolute atomic E-state index is 0.331. The lowest BCUT2D eigenvalue weighted by atomic mass is 9.89. The Bertz CT molecular complexity index is 305. The van der Waals surface area contributed by atoms with Crippen LogP contribution in [-0.4, -0.2) is 12.2 Å². The molecule has 2 heteroatoms. The fourth-order valence-corrected chi connectivity index (χ4v) is 2.10. The van der Waals surface area contributed by atoms with Crippen LogP contribution >= 0.6 is 0 Å². The number of aliphatic hydroxyl groups excluding tert-OH is 1. The van der Waals surface area contributed by atoms with Gasteiger partial charge in [-0.2, -0.15) is 0 Å². The maximum Gasteiger partial charge on any atom is 0.0821 e. The van der Waals surface area contributed by atoms with Crippen molar-refractivity contribution < 1.29 is 9.84 Å². The summed E-state index contributed by atoms with van der Waals surface area (Å²) >= 11 is 0. The van der Waals surface area contributed by atoms with Crippen molar-refractivity contribution in [1.29, 1.82) is 0 Å². The third kappa shape index (κ3) is 3.06.